The van der Waals surface area contributed by atoms with E-state index in [2.05, 4.69) is 10.5 Å². The summed E-state index contributed by atoms with van der Waals surface area (Å²) in [4.78, 5) is 24.2. The average Bonchev–Trinajstić information content (AvgIpc) is 3.11. The zero-order valence-electron chi connectivity index (χ0n) is 15.3. The summed E-state index contributed by atoms with van der Waals surface area (Å²) in [5.41, 5.74) is 1.15. The molecule has 0 aliphatic heterocycles. The van der Waals surface area contributed by atoms with Gasteiger partial charge in [-0.05, 0) is 39.7 Å². The van der Waals surface area contributed by atoms with E-state index in [1.807, 2.05) is 32.3 Å². The van der Waals surface area contributed by atoms with Crippen LogP contribution in [0, 0.1) is 26.2 Å². The molecule has 2 heterocycles. The van der Waals surface area contributed by atoms with Crippen LogP contribution in [0.3, 0.4) is 0 Å². The number of carbonyl (C=O) groups excluding carboxylic acids is 1. The maximum absolute atomic E-state index is 12.6. The maximum atomic E-state index is 12.6. The van der Waals surface area contributed by atoms with E-state index in [0.29, 0.717) is 30.0 Å². The van der Waals surface area contributed by atoms with Gasteiger partial charge < -0.3 is 14.9 Å². The van der Waals surface area contributed by atoms with Crippen LogP contribution in [0.25, 0.3) is 5.82 Å². The lowest BCUT2D eigenvalue weighted by Gasteiger charge is -2.26. The second-order valence-electron chi connectivity index (χ2n) is 6.39. The van der Waals surface area contributed by atoms with Crippen LogP contribution in [0.2, 0.25) is 0 Å². The average molecular weight is 347 g/mol. The Kier molecular flexibility index (Phi) is 5.35. The Morgan fingerprint density at radius 1 is 1.24 bits per heavy atom. The zero-order valence-corrected chi connectivity index (χ0v) is 15.3. The quantitative estimate of drug-likeness (QED) is 0.802. The van der Waals surface area contributed by atoms with E-state index in [1.54, 1.807) is 19.1 Å². The number of carboxylic acids is 1. The first-order chi connectivity index (χ1) is 11.8. The number of carbonyl (C=O) groups is 2. The number of aromatic nitrogens is 2. The highest BCUT2D eigenvalue weighted by molar-refractivity contribution is 5.96. The van der Waals surface area contributed by atoms with Crippen LogP contribution < -0.4 is 5.32 Å². The molecule has 0 radical (unpaired) electrons. The van der Waals surface area contributed by atoms with Crippen LogP contribution in [0.5, 0.6) is 0 Å². The van der Waals surface area contributed by atoms with E-state index < -0.39 is 11.4 Å². The van der Waals surface area contributed by atoms with Crippen molar-refractivity contribution in [2.75, 3.05) is 6.54 Å². The molecule has 0 saturated heterocycles. The minimum absolute atomic E-state index is 0.0981. The first kappa shape index (κ1) is 18.8. The zero-order chi connectivity index (χ0) is 18.8. The van der Waals surface area contributed by atoms with E-state index in [1.165, 1.54) is 0 Å². The third-order valence-electron chi connectivity index (χ3n) is 4.91. The van der Waals surface area contributed by atoms with Gasteiger partial charge in [-0.2, -0.15) is 0 Å². The first-order valence-electron chi connectivity index (χ1n) is 8.40. The minimum Gasteiger partial charge on any atom is -0.481 e. The lowest BCUT2D eigenvalue weighted by molar-refractivity contribution is -0.149. The third kappa shape index (κ3) is 3.45. The van der Waals surface area contributed by atoms with E-state index >= 15 is 0 Å². The molecule has 0 spiro atoms. The fourth-order valence-corrected chi connectivity index (χ4v) is 3.03. The van der Waals surface area contributed by atoms with Gasteiger partial charge in [0.25, 0.3) is 5.91 Å². The lowest BCUT2D eigenvalue weighted by atomic mass is 9.82. The predicted molar refractivity (Wildman–Crippen MR) is 93.0 cm³/mol. The van der Waals surface area contributed by atoms with E-state index in [-0.39, 0.29) is 12.5 Å². The SMILES string of the molecule is CCC(CC)(CNC(=O)c1cc(C)n(-c2cc(C)on2)c1C)C(=O)O. The summed E-state index contributed by atoms with van der Waals surface area (Å²) in [5, 5.41) is 16.3. The Morgan fingerprint density at radius 2 is 1.88 bits per heavy atom. The fourth-order valence-electron chi connectivity index (χ4n) is 3.03. The minimum atomic E-state index is -0.940. The highest BCUT2D eigenvalue weighted by atomic mass is 16.5. The number of rotatable bonds is 7. The van der Waals surface area contributed by atoms with Crippen molar-refractivity contribution >= 4 is 11.9 Å². The van der Waals surface area contributed by atoms with Crippen molar-refractivity contribution in [2.45, 2.75) is 47.5 Å². The lowest BCUT2D eigenvalue weighted by Crippen LogP contribution is -2.42. The molecule has 25 heavy (non-hydrogen) atoms. The second-order valence-corrected chi connectivity index (χ2v) is 6.39. The Bertz CT molecular complexity index is 784. The van der Waals surface area contributed by atoms with Crippen molar-refractivity contribution < 1.29 is 19.2 Å². The van der Waals surface area contributed by atoms with Crippen LogP contribution >= 0.6 is 0 Å². The number of nitrogens with one attached hydrogen (secondary N) is 1. The first-order valence-corrected chi connectivity index (χ1v) is 8.40. The number of hydrogen-bond acceptors (Lipinski definition) is 4. The molecule has 7 heteroatoms. The summed E-state index contributed by atoms with van der Waals surface area (Å²) in [5.74, 6) is 0.132. The molecule has 2 aromatic rings. The van der Waals surface area contributed by atoms with Crippen molar-refractivity contribution in [3.63, 3.8) is 0 Å². The van der Waals surface area contributed by atoms with Gasteiger partial charge in [-0.25, -0.2) is 0 Å². The van der Waals surface area contributed by atoms with Gasteiger partial charge in [-0.1, -0.05) is 19.0 Å². The highest BCUT2D eigenvalue weighted by Gasteiger charge is 2.35. The smallest absolute Gasteiger partial charge is 0.311 e. The summed E-state index contributed by atoms with van der Waals surface area (Å²) < 4.78 is 6.95. The molecule has 0 unspecified atom stereocenters. The van der Waals surface area contributed by atoms with E-state index in [9.17, 15) is 14.7 Å². The standard InChI is InChI=1S/C18H25N3O4/c1-6-18(7-2,17(23)24)10-19-16(22)14-8-11(3)21(13(14)5)15-9-12(4)25-20-15/h8-9H,6-7,10H2,1-5H3,(H,19,22)(H,23,24). The maximum Gasteiger partial charge on any atom is 0.311 e. The largest absolute Gasteiger partial charge is 0.481 e. The molecule has 0 aliphatic carbocycles. The number of amides is 1. The molecule has 1 amide bonds. The molecule has 0 aromatic carbocycles. The molecular weight excluding hydrogens is 322 g/mol. The molecule has 136 valence electrons. The van der Waals surface area contributed by atoms with Gasteiger partial charge in [-0.3, -0.25) is 14.2 Å². The molecule has 0 saturated carbocycles. The van der Waals surface area contributed by atoms with Gasteiger partial charge in [0.15, 0.2) is 5.82 Å². The molecule has 0 aliphatic rings. The molecular formula is C18H25N3O4. The molecule has 2 rings (SSSR count). The van der Waals surface area contributed by atoms with Crippen molar-refractivity contribution in [3.8, 4) is 5.82 Å². The van der Waals surface area contributed by atoms with Crippen molar-refractivity contribution in [3.05, 3.63) is 34.8 Å². The molecule has 2 N–H and O–H groups in total. The molecule has 0 atom stereocenters. The molecule has 0 bridgehead atoms. The Hall–Kier alpha value is -2.57. The Balaban J connectivity index is 2.25. The predicted octanol–water partition coefficient (Wildman–Crippen LogP) is 3.01. The molecule has 0 fully saturated rings. The van der Waals surface area contributed by atoms with Gasteiger partial charge in [0.1, 0.15) is 5.76 Å². The van der Waals surface area contributed by atoms with Crippen LogP contribution in [0.15, 0.2) is 16.7 Å². The van der Waals surface area contributed by atoms with E-state index in [0.717, 1.165) is 11.4 Å². The van der Waals surface area contributed by atoms with Crippen LogP contribution in [0.1, 0.15) is 54.2 Å². The van der Waals surface area contributed by atoms with Crippen LogP contribution in [-0.2, 0) is 4.79 Å². The molecule has 2 aromatic heterocycles. The van der Waals surface area contributed by atoms with Crippen LogP contribution in [-0.4, -0.2) is 33.3 Å². The normalized spacial score (nSPS) is 11.6. The van der Waals surface area contributed by atoms with Crippen molar-refractivity contribution in [2.24, 2.45) is 5.41 Å². The van der Waals surface area contributed by atoms with Gasteiger partial charge in [-0.15, -0.1) is 0 Å². The van der Waals surface area contributed by atoms with E-state index in [4.69, 9.17) is 4.52 Å². The Labute approximate surface area is 147 Å². The number of nitrogens with zero attached hydrogens (tertiary/aromatic N) is 2. The summed E-state index contributed by atoms with van der Waals surface area (Å²) >= 11 is 0. The van der Waals surface area contributed by atoms with Gasteiger partial charge in [0.05, 0.1) is 11.0 Å². The van der Waals surface area contributed by atoms with Crippen molar-refractivity contribution in [1.29, 1.82) is 0 Å². The number of aliphatic carboxylic acids is 1. The third-order valence-corrected chi connectivity index (χ3v) is 4.91. The van der Waals surface area contributed by atoms with Gasteiger partial charge in [0, 0.05) is 24.0 Å². The topological polar surface area (TPSA) is 97.4 Å². The summed E-state index contributed by atoms with van der Waals surface area (Å²) in [6, 6.07) is 3.57. The second kappa shape index (κ2) is 7.13. The monoisotopic (exact) mass is 347 g/mol. The summed E-state index contributed by atoms with van der Waals surface area (Å²) in [6.45, 7) is 9.26. The fraction of sp³-hybridized carbons (Fsp3) is 0.500. The van der Waals surface area contributed by atoms with Gasteiger partial charge >= 0.3 is 5.97 Å². The van der Waals surface area contributed by atoms with Crippen LogP contribution in [0.4, 0.5) is 0 Å². The van der Waals surface area contributed by atoms with Crippen molar-refractivity contribution in [1.82, 2.24) is 15.0 Å². The number of hydrogen-bond donors (Lipinski definition) is 2. The summed E-state index contributed by atoms with van der Waals surface area (Å²) in [6.07, 6.45) is 0.909. The highest BCUT2D eigenvalue weighted by Crippen LogP contribution is 2.26. The Morgan fingerprint density at radius 3 is 2.36 bits per heavy atom. The molecule has 7 nitrogen and oxygen atoms in total. The number of carboxylic acid groups (broad SMARTS) is 1. The van der Waals surface area contributed by atoms with Gasteiger partial charge in [0.2, 0.25) is 0 Å². The number of aryl methyl sites for hydroxylation is 2. The summed E-state index contributed by atoms with van der Waals surface area (Å²) in [7, 11) is 0.